The fourth-order valence-electron chi connectivity index (χ4n) is 18.0. The number of allylic oxidation sites excluding steroid dienone is 3. The molecule has 0 aliphatic carbocycles. The van der Waals surface area contributed by atoms with Crippen LogP contribution in [0.15, 0.2) is 49.1 Å². The third-order valence-electron chi connectivity index (χ3n) is 23.3. The lowest BCUT2D eigenvalue weighted by Gasteiger charge is -2.61. The van der Waals surface area contributed by atoms with Gasteiger partial charge in [0, 0.05) is 44.9 Å². The molecule has 0 bridgehead atoms. The van der Waals surface area contributed by atoms with E-state index in [1.807, 2.05) is 6.92 Å². The van der Waals surface area contributed by atoms with Crippen molar-refractivity contribution in [1.29, 1.82) is 0 Å². The third-order valence-corrected chi connectivity index (χ3v) is 24.3. The average Bonchev–Trinajstić information content (AvgIpc) is 1.63. The van der Waals surface area contributed by atoms with Crippen molar-refractivity contribution in [2.45, 2.75) is 337 Å². The molecule has 13 fully saturated rings. The molecule has 24 unspecified atom stereocenters. The van der Waals surface area contributed by atoms with Gasteiger partial charge < -0.3 is 102 Å². The largest absolute Gasteiger partial charge is 0.397 e. The Balaban J connectivity index is 0.710. The van der Waals surface area contributed by atoms with Crippen LogP contribution in [0, 0.1) is 5.92 Å². The SMILES string of the molecule is C=CCC(=C)/C=C/[C@@](C)(O)C1OC2CC3OC4CC5OC6CC7OC8CC9OC%10CC%11O[C@](C)(CCCOS(=O)(=O)O)C(OS(=O)(=O)O)CC%11OC%10CC9OC8CC[C@@]7(C)O[C@@]6(C)CC[C@H](C)C5OC4C(O[C@H]4O[C@@H](CO[C@H]5O[C@@H](CO)C(O)C5O)C(O)C4O)[C@@]3(C)OC2CC1=C. The highest BCUT2D eigenvalue weighted by molar-refractivity contribution is 7.81. The Bertz CT molecular complexity index is 3120. The monoisotopic (exact) mass is 1420 g/mol. The summed E-state index contributed by atoms with van der Waals surface area (Å²) >= 11 is 0. The van der Waals surface area contributed by atoms with E-state index in [4.69, 9.17) is 79.8 Å². The molecule has 0 spiro atoms. The van der Waals surface area contributed by atoms with Crippen molar-refractivity contribution >= 4 is 20.8 Å². The summed E-state index contributed by atoms with van der Waals surface area (Å²) < 4.78 is 178. The van der Waals surface area contributed by atoms with E-state index in [1.54, 1.807) is 32.1 Å². The second-order valence-electron chi connectivity index (χ2n) is 30.5. The van der Waals surface area contributed by atoms with Crippen LogP contribution in [-0.4, -0.2) is 276 Å². The van der Waals surface area contributed by atoms with Crippen LogP contribution < -0.4 is 0 Å². The number of hydrogen-bond acceptors (Lipinski definition) is 27. The molecule has 29 nitrogen and oxygen atoms in total. The maximum Gasteiger partial charge on any atom is 0.397 e. The first-order valence-electron chi connectivity index (χ1n) is 34.5. The number of aliphatic hydroxyl groups excluding tert-OH is 5. The van der Waals surface area contributed by atoms with Gasteiger partial charge in [0.1, 0.15) is 72.2 Å². The number of fused-ring (bicyclic) bond motifs is 10. The Hall–Kier alpha value is -2.14. The number of aliphatic hydroxyl groups is 6. The molecule has 13 heterocycles. The average molecular weight is 1420 g/mol. The lowest BCUT2D eigenvalue weighted by atomic mass is 9.72. The Morgan fingerprint density at radius 1 is 0.649 bits per heavy atom. The van der Waals surface area contributed by atoms with Gasteiger partial charge in [0.25, 0.3) is 0 Å². The predicted molar refractivity (Wildman–Crippen MR) is 334 cm³/mol. The molecular formula is C66H100O29S2. The van der Waals surface area contributed by atoms with E-state index in [0.29, 0.717) is 76.2 Å². The van der Waals surface area contributed by atoms with Gasteiger partial charge in [-0.1, -0.05) is 43.9 Å². The normalized spacial score (nSPS) is 51.2. The van der Waals surface area contributed by atoms with E-state index in [1.165, 1.54) is 0 Å². The lowest BCUT2D eigenvalue weighted by Crippen LogP contribution is -2.75. The van der Waals surface area contributed by atoms with Crippen molar-refractivity contribution in [1.82, 2.24) is 0 Å². The summed E-state index contributed by atoms with van der Waals surface area (Å²) in [4.78, 5) is 0. The van der Waals surface area contributed by atoms with Gasteiger partial charge in [-0.15, -0.1) is 6.58 Å². The standard InChI is InChI=1S/C66H100O29S2/c1-10-12-31(2)13-17-62(5,72)58-33(4)21-42-41(87-58)27-51-66(9,93-42)59(91-61-55(71)53(69)47(89-61)30-79-60-54(70)52(68)46(29-67)88-60)57-45(86-51)25-44-56(90-57)32(3)14-18-64(7)49(85-44)28-48-65(8,95-64)19-15-34-35(84-48)22-37-36(81-34)23-38-39(82-37)24-43-40(83-38)26-50(94-97(76,77)78)63(6,92-43)16-11-20-80-96(73,74)75/h10,13,17,32,34-61,67-72H,1-2,4,11-12,14-16,18-30H2,3,5-9H3,(H,73,74,75)(H,76,77,78)/b17-13+/t32-,34?,35?,36?,37?,38?,39?,40?,41?,42?,43?,44?,45?,46-,47-,48?,49?,50?,51?,52?,53?,54?,55?,56?,57?,58?,59?,60-,61+,62+,63+,64-,65+,66-/m0/s1. The highest BCUT2D eigenvalue weighted by atomic mass is 32.3. The first-order valence-corrected chi connectivity index (χ1v) is 37.2. The van der Waals surface area contributed by atoms with E-state index in [0.717, 1.165) is 5.57 Å². The van der Waals surface area contributed by atoms with Crippen LogP contribution in [0.5, 0.6) is 0 Å². The zero-order chi connectivity index (χ0) is 69.3. The predicted octanol–water partition coefficient (Wildman–Crippen LogP) is 2.38. The topological polar surface area (TPSA) is 387 Å². The molecule has 550 valence electrons. The van der Waals surface area contributed by atoms with Crippen LogP contribution in [0.3, 0.4) is 0 Å². The molecule has 34 atom stereocenters. The molecular weight excluding hydrogens is 1320 g/mol. The van der Waals surface area contributed by atoms with Crippen LogP contribution >= 0.6 is 0 Å². The molecule has 13 aliphatic rings. The first-order chi connectivity index (χ1) is 45.7. The van der Waals surface area contributed by atoms with Gasteiger partial charge in [0.05, 0.1) is 134 Å². The van der Waals surface area contributed by atoms with Crippen molar-refractivity contribution in [2.24, 2.45) is 5.92 Å². The summed E-state index contributed by atoms with van der Waals surface area (Å²) in [5.74, 6) is -0.0953. The summed E-state index contributed by atoms with van der Waals surface area (Å²) in [5, 5.41) is 65.8. The minimum atomic E-state index is -4.95. The zero-order valence-electron chi connectivity index (χ0n) is 55.8. The fraction of sp³-hybridized carbons (Fsp3) is 0.879. The maximum atomic E-state index is 12.1. The smallest absolute Gasteiger partial charge is 0.394 e. The highest BCUT2D eigenvalue weighted by Crippen LogP contribution is 2.55. The molecule has 13 rings (SSSR count). The van der Waals surface area contributed by atoms with E-state index in [2.05, 4.69) is 44.7 Å². The summed E-state index contributed by atoms with van der Waals surface area (Å²) in [7, 11) is -9.67. The molecule has 0 amide bonds. The molecule has 0 radical (unpaired) electrons. The Morgan fingerprint density at radius 2 is 1.23 bits per heavy atom. The van der Waals surface area contributed by atoms with Gasteiger partial charge in [0.2, 0.25) is 0 Å². The Kier molecular flexibility index (Phi) is 20.9. The van der Waals surface area contributed by atoms with Crippen molar-refractivity contribution in [3.05, 3.63) is 49.1 Å². The Labute approximate surface area is 566 Å². The molecule has 0 aromatic carbocycles. The van der Waals surface area contributed by atoms with Crippen LogP contribution in [0.25, 0.3) is 0 Å². The second-order valence-corrected chi connectivity index (χ2v) is 32.7. The van der Waals surface area contributed by atoms with Crippen molar-refractivity contribution < 1.29 is 136 Å². The van der Waals surface area contributed by atoms with Gasteiger partial charge >= 0.3 is 20.8 Å². The molecule has 0 saturated carbocycles. The van der Waals surface area contributed by atoms with Crippen molar-refractivity contribution in [2.75, 3.05) is 19.8 Å². The number of rotatable bonds is 18. The minimum Gasteiger partial charge on any atom is -0.394 e. The van der Waals surface area contributed by atoms with Crippen LogP contribution in [0.4, 0.5) is 0 Å². The van der Waals surface area contributed by atoms with Crippen LogP contribution in [0.1, 0.15) is 138 Å². The highest BCUT2D eigenvalue weighted by Gasteiger charge is 2.67. The van der Waals surface area contributed by atoms with E-state index < -0.39 is 215 Å². The van der Waals surface area contributed by atoms with Gasteiger partial charge in [0.15, 0.2) is 12.6 Å². The summed E-state index contributed by atoms with van der Waals surface area (Å²) in [6, 6.07) is 0. The Morgan fingerprint density at radius 3 is 1.89 bits per heavy atom. The van der Waals surface area contributed by atoms with Gasteiger partial charge in [-0.2, -0.15) is 16.8 Å². The van der Waals surface area contributed by atoms with Crippen molar-refractivity contribution in [3.63, 3.8) is 0 Å². The lowest BCUT2D eigenvalue weighted by molar-refractivity contribution is -0.387. The van der Waals surface area contributed by atoms with Gasteiger partial charge in [-0.25, -0.2) is 8.37 Å². The molecule has 0 aromatic heterocycles. The molecule has 97 heavy (non-hydrogen) atoms. The van der Waals surface area contributed by atoms with Crippen molar-refractivity contribution in [3.8, 4) is 0 Å². The first kappa shape index (κ1) is 73.2. The number of ether oxygens (including phenoxy) is 15. The molecule has 13 saturated heterocycles. The van der Waals surface area contributed by atoms with Crippen LogP contribution in [-0.2, 0) is 100 Å². The summed E-state index contributed by atoms with van der Waals surface area (Å²) in [6.07, 6.45) is -12.1. The third kappa shape index (κ3) is 14.7. The number of hydrogen-bond donors (Lipinski definition) is 8. The maximum absolute atomic E-state index is 12.1. The molecule has 13 aliphatic heterocycles. The summed E-state index contributed by atoms with van der Waals surface area (Å²) in [5.41, 5.74) is -4.29. The zero-order valence-corrected chi connectivity index (χ0v) is 57.4. The molecule has 31 heteroatoms. The van der Waals surface area contributed by atoms with E-state index >= 15 is 0 Å². The van der Waals surface area contributed by atoms with Gasteiger partial charge in [-0.3, -0.25) is 9.11 Å². The second kappa shape index (κ2) is 27.7. The van der Waals surface area contributed by atoms with E-state index in [-0.39, 0.29) is 56.0 Å². The quantitative estimate of drug-likeness (QED) is 0.0423. The molecule has 8 N–H and O–H groups in total. The molecule has 0 aromatic rings. The van der Waals surface area contributed by atoms with Crippen LogP contribution in [0.2, 0.25) is 0 Å². The fourth-order valence-corrected chi connectivity index (χ4v) is 18.9. The summed E-state index contributed by atoms with van der Waals surface area (Å²) in [6.45, 7) is 22.4. The van der Waals surface area contributed by atoms with E-state index in [9.17, 15) is 52.0 Å². The van der Waals surface area contributed by atoms with Gasteiger partial charge in [-0.05, 0) is 97.5 Å². The minimum absolute atomic E-state index is 0.0312.